The number of nitrogens with one attached hydrogen (secondary N) is 1. The second-order valence-electron chi connectivity index (χ2n) is 7.17. The number of amides is 2. The summed E-state index contributed by atoms with van der Waals surface area (Å²) >= 11 is 0. The van der Waals surface area contributed by atoms with Crippen molar-refractivity contribution in [2.45, 2.75) is 18.9 Å². The smallest absolute Gasteiger partial charge is 0.321 e. The van der Waals surface area contributed by atoms with Gasteiger partial charge in [0.15, 0.2) is 0 Å². The summed E-state index contributed by atoms with van der Waals surface area (Å²) in [7, 11) is 1.91. The van der Waals surface area contributed by atoms with E-state index in [1.54, 1.807) is 0 Å². The van der Waals surface area contributed by atoms with Crippen molar-refractivity contribution in [2.24, 2.45) is 0 Å². The maximum atomic E-state index is 12.5. The molecule has 2 aliphatic rings. The van der Waals surface area contributed by atoms with Crippen LogP contribution < -0.4 is 15.8 Å². The SMILES string of the molecule is CN(C(=O)Nc1ccccc1)C1CCN(CC2=c3ccccc3=C2)CC1. The van der Waals surface area contributed by atoms with E-state index in [-0.39, 0.29) is 6.03 Å². The molecular formula is C22H25N3O. The summed E-state index contributed by atoms with van der Waals surface area (Å²) < 4.78 is 0. The maximum Gasteiger partial charge on any atom is 0.321 e. The lowest BCUT2D eigenvalue weighted by Crippen LogP contribution is -2.48. The van der Waals surface area contributed by atoms with E-state index in [1.165, 1.54) is 16.0 Å². The Morgan fingerprint density at radius 1 is 1.08 bits per heavy atom. The normalized spacial score (nSPS) is 17.0. The first-order valence-electron chi connectivity index (χ1n) is 9.32. The lowest BCUT2D eigenvalue weighted by Gasteiger charge is -2.37. The van der Waals surface area contributed by atoms with Crippen molar-refractivity contribution >= 4 is 23.4 Å². The zero-order valence-electron chi connectivity index (χ0n) is 15.2. The Labute approximate surface area is 154 Å². The third-order valence-corrected chi connectivity index (χ3v) is 5.48. The van der Waals surface area contributed by atoms with Crippen LogP contribution in [0.2, 0.25) is 0 Å². The summed E-state index contributed by atoms with van der Waals surface area (Å²) in [6, 6.07) is 18.5. The van der Waals surface area contributed by atoms with Crippen molar-refractivity contribution in [1.29, 1.82) is 0 Å². The van der Waals surface area contributed by atoms with Crippen LogP contribution in [0.3, 0.4) is 0 Å². The van der Waals surface area contributed by atoms with Crippen LogP contribution in [0, 0.1) is 0 Å². The number of anilines is 1. The summed E-state index contributed by atoms with van der Waals surface area (Å²) in [4.78, 5) is 16.8. The van der Waals surface area contributed by atoms with E-state index in [9.17, 15) is 4.79 Å². The highest BCUT2D eigenvalue weighted by Crippen LogP contribution is 2.18. The van der Waals surface area contributed by atoms with Crippen LogP contribution in [0.5, 0.6) is 0 Å². The van der Waals surface area contributed by atoms with Crippen molar-refractivity contribution in [3.63, 3.8) is 0 Å². The molecule has 4 nitrogen and oxygen atoms in total. The number of benzene rings is 2. The van der Waals surface area contributed by atoms with Crippen LogP contribution in [-0.2, 0) is 0 Å². The molecule has 2 aromatic rings. The lowest BCUT2D eigenvalue weighted by atomic mass is 9.98. The largest absolute Gasteiger partial charge is 0.325 e. The highest BCUT2D eigenvalue weighted by Gasteiger charge is 2.26. The fourth-order valence-electron chi connectivity index (χ4n) is 3.84. The van der Waals surface area contributed by atoms with Crippen molar-refractivity contribution in [3.8, 4) is 0 Å². The molecule has 4 heteroatoms. The summed E-state index contributed by atoms with van der Waals surface area (Å²) in [6.45, 7) is 3.09. The highest BCUT2D eigenvalue weighted by molar-refractivity contribution is 5.89. The monoisotopic (exact) mass is 347 g/mol. The average Bonchev–Trinajstić information content (AvgIpc) is 2.67. The maximum absolute atomic E-state index is 12.5. The van der Waals surface area contributed by atoms with Gasteiger partial charge in [0.25, 0.3) is 0 Å². The molecule has 26 heavy (non-hydrogen) atoms. The van der Waals surface area contributed by atoms with E-state index in [4.69, 9.17) is 0 Å². The van der Waals surface area contributed by atoms with Crippen LogP contribution in [-0.4, -0.2) is 48.6 Å². The summed E-state index contributed by atoms with van der Waals surface area (Å²) in [5.74, 6) is 0. The molecule has 1 aliphatic carbocycles. The summed E-state index contributed by atoms with van der Waals surface area (Å²) in [5, 5.41) is 5.73. The molecule has 134 valence electrons. The third-order valence-electron chi connectivity index (χ3n) is 5.48. The second kappa shape index (κ2) is 7.34. The minimum absolute atomic E-state index is 0.0229. The van der Waals surface area contributed by atoms with E-state index in [0.29, 0.717) is 6.04 Å². The lowest BCUT2D eigenvalue weighted by molar-refractivity contribution is 0.150. The van der Waals surface area contributed by atoms with E-state index >= 15 is 0 Å². The van der Waals surface area contributed by atoms with Gasteiger partial charge in [0.05, 0.1) is 0 Å². The number of hydrogen-bond donors (Lipinski definition) is 1. The summed E-state index contributed by atoms with van der Waals surface area (Å²) in [5.41, 5.74) is 2.28. The molecule has 1 saturated heterocycles. The highest BCUT2D eigenvalue weighted by atomic mass is 16.2. The number of fused-ring (bicyclic) bond motifs is 1. The van der Waals surface area contributed by atoms with Gasteiger partial charge >= 0.3 is 6.03 Å². The third kappa shape index (κ3) is 3.51. The molecule has 1 fully saturated rings. The second-order valence-corrected chi connectivity index (χ2v) is 7.17. The first-order valence-corrected chi connectivity index (χ1v) is 9.32. The van der Waals surface area contributed by atoms with Crippen LogP contribution >= 0.6 is 0 Å². The molecule has 0 saturated carbocycles. The van der Waals surface area contributed by atoms with Gasteiger partial charge in [0, 0.05) is 38.4 Å². The molecule has 1 aliphatic heterocycles. The Bertz CT molecular complexity index is 898. The predicted molar refractivity (Wildman–Crippen MR) is 106 cm³/mol. The van der Waals surface area contributed by atoms with Crippen molar-refractivity contribution in [2.75, 3.05) is 32.0 Å². The van der Waals surface area contributed by atoms with Gasteiger partial charge in [-0.1, -0.05) is 42.5 Å². The molecule has 4 rings (SSSR count). The molecular weight excluding hydrogens is 322 g/mol. The van der Waals surface area contributed by atoms with Gasteiger partial charge in [-0.3, -0.25) is 4.90 Å². The van der Waals surface area contributed by atoms with Crippen LogP contribution in [0.4, 0.5) is 10.5 Å². The molecule has 0 spiro atoms. The number of urea groups is 1. The molecule has 0 atom stereocenters. The van der Waals surface area contributed by atoms with Gasteiger partial charge in [-0.2, -0.15) is 0 Å². The first kappa shape index (κ1) is 16.9. The Hall–Kier alpha value is -2.59. The average molecular weight is 347 g/mol. The molecule has 0 radical (unpaired) electrons. The number of likely N-dealkylation sites (tertiary alicyclic amines) is 1. The molecule has 0 unspecified atom stereocenters. The van der Waals surface area contributed by atoms with Crippen molar-refractivity contribution in [3.05, 3.63) is 65.0 Å². The van der Waals surface area contributed by atoms with Gasteiger partial charge in [-0.15, -0.1) is 0 Å². The fraction of sp³-hybridized carbons (Fsp3) is 0.318. The number of para-hydroxylation sites is 1. The Morgan fingerprint density at radius 2 is 1.77 bits per heavy atom. The molecule has 1 N–H and O–H groups in total. The predicted octanol–water partition coefficient (Wildman–Crippen LogP) is 2.26. The van der Waals surface area contributed by atoms with Crippen molar-refractivity contribution in [1.82, 2.24) is 9.80 Å². The minimum atomic E-state index is -0.0229. The number of hydrogen-bond acceptors (Lipinski definition) is 2. The molecule has 2 amide bonds. The fourth-order valence-corrected chi connectivity index (χ4v) is 3.84. The van der Waals surface area contributed by atoms with E-state index in [0.717, 1.165) is 38.2 Å². The number of carbonyl (C=O) groups is 1. The van der Waals surface area contributed by atoms with E-state index in [1.807, 2.05) is 42.3 Å². The molecule has 1 heterocycles. The van der Waals surface area contributed by atoms with Gasteiger partial charge in [-0.25, -0.2) is 4.79 Å². The number of piperidine rings is 1. The quantitative estimate of drug-likeness (QED) is 0.921. The molecule has 2 aromatic carbocycles. The first-order chi connectivity index (χ1) is 12.7. The zero-order valence-corrected chi connectivity index (χ0v) is 15.2. The molecule has 0 bridgehead atoms. The van der Waals surface area contributed by atoms with E-state index in [2.05, 4.69) is 40.6 Å². The van der Waals surface area contributed by atoms with Gasteiger partial charge in [0.1, 0.15) is 0 Å². The van der Waals surface area contributed by atoms with Crippen LogP contribution in [0.25, 0.3) is 11.6 Å². The molecule has 0 aromatic heterocycles. The van der Waals surface area contributed by atoms with Gasteiger partial charge in [0.2, 0.25) is 0 Å². The number of rotatable bonds is 4. The minimum Gasteiger partial charge on any atom is -0.325 e. The van der Waals surface area contributed by atoms with Gasteiger partial charge in [-0.05, 0) is 47.1 Å². The van der Waals surface area contributed by atoms with Crippen LogP contribution in [0.15, 0.2) is 54.6 Å². The Balaban J connectivity index is 1.29. The number of nitrogens with zero attached hydrogens (tertiary/aromatic N) is 2. The van der Waals surface area contributed by atoms with Crippen LogP contribution in [0.1, 0.15) is 12.8 Å². The van der Waals surface area contributed by atoms with Crippen molar-refractivity contribution < 1.29 is 4.79 Å². The zero-order chi connectivity index (χ0) is 17.9. The summed E-state index contributed by atoms with van der Waals surface area (Å²) in [6.07, 6.45) is 4.34. The Kier molecular flexibility index (Phi) is 4.76. The Morgan fingerprint density at radius 3 is 2.50 bits per heavy atom. The standard InChI is InChI=1S/C22H25N3O/c1-24(22(26)23-19-8-3-2-4-9-19)20-11-13-25(14-12-20)16-18-15-17-7-5-6-10-21(17)18/h2-10,15,20H,11-14,16H2,1H3,(H,23,26). The van der Waals surface area contributed by atoms with Gasteiger partial charge < -0.3 is 10.2 Å². The number of carbonyl (C=O) groups excluding carboxylic acids is 1. The van der Waals surface area contributed by atoms with E-state index < -0.39 is 0 Å². The topological polar surface area (TPSA) is 35.6 Å².